The topological polar surface area (TPSA) is 82.5 Å². The van der Waals surface area contributed by atoms with Crippen molar-refractivity contribution in [3.05, 3.63) is 72.4 Å². The van der Waals surface area contributed by atoms with Crippen LogP contribution in [0.5, 0.6) is 0 Å². The van der Waals surface area contributed by atoms with Gasteiger partial charge in [-0.25, -0.2) is 0 Å². The summed E-state index contributed by atoms with van der Waals surface area (Å²) >= 11 is 7.66. The second kappa shape index (κ2) is 8.37. The van der Waals surface area contributed by atoms with Crippen molar-refractivity contribution in [1.82, 2.24) is 29.9 Å². The predicted octanol–water partition coefficient (Wildman–Crippen LogP) is 4.52. The van der Waals surface area contributed by atoms with Crippen molar-refractivity contribution in [1.29, 1.82) is 0 Å². The number of hydrogen-bond donors (Lipinski definition) is 0. The summed E-state index contributed by atoms with van der Waals surface area (Å²) in [4.78, 5) is 8.47. The van der Waals surface area contributed by atoms with Crippen LogP contribution < -0.4 is 0 Å². The van der Waals surface area contributed by atoms with Gasteiger partial charge in [0.25, 0.3) is 0 Å². The van der Waals surface area contributed by atoms with E-state index in [-0.39, 0.29) is 0 Å². The first kappa shape index (κ1) is 18.4. The molecule has 1 aromatic carbocycles. The Morgan fingerprint density at radius 2 is 1.96 bits per heavy atom. The smallest absolute Gasteiger partial charge is 0.237 e. The van der Waals surface area contributed by atoms with Crippen molar-refractivity contribution in [3.63, 3.8) is 0 Å². The van der Waals surface area contributed by atoms with Crippen molar-refractivity contribution in [2.45, 2.75) is 17.5 Å². The average Bonchev–Trinajstić information content (AvgIpc) is 3.35. The zero-order valence-electron chi connectivity index (χ0n) is 14.7. The number of benzene rings is 1. The maximum Gasteiger partial charge on any atom is 0.237 e. The van der Waals surface area contributed by atoms with Crippen molar-refractivity contribution in [2.75, 3.05) is 0 Å². The van der Waals surface area contributed by atoms with E-state index in [4.69, 9.17) is 16.1 Å². The first-order valence-electron chi connectivity index (χ1n) is 8.41. The van der Waals surface area contributed by atoms with Gasteiger partial charge in [0.15, 0.2) is 11.0 Å². The van der Waals surface area contributed by atoms with Gasteiger partial charge >= 0.3 is 0 Å². The Morgan fingerprint density at radius 1 is 1.14 bits per heavy atom. The second-order valence-electron chi connectivity index (χ2n) is 5.72. The summed E-state index contributed by atoms with van der Waals surface area (Å²) in [6.45, 7) is 4.41. The van der Waals surface area contributed by atoms with E-state index in [9.17, 15) is 0 Å². The molecule has 28 heavy (non-hydrogen) atoms. The van der Waals surface area contributed by atoms with Crippen LogP contribution in [0, 0.1) is 0 Å². The molecule has 0 unspecified atom stereocenters. The van der Waals surface area contributed by atoms with E-state index in [0.717, 1.165) is 22.1 Å². The molecule has 3 heterocycles. The Bertz CT molecular complexity index is 1090. The largest absolute Gasteiger partial charge is 0.338 e. The standard InChI is InChI=1S/C19H15ClN6OS/c1-2-11-26-18(13-7-9-21-10-8-13)23-24-19(26)28-12-16-22-17(25-27-16)14-5-3-4-6-15(14)20/h2-10H,1,11-12H2. The van der Waals surface area contributed by atoms with E-state index in [1.165, 1.54) is 11.8 Å². The van der Waals surface area contributed by atoms with Crippen LogP contribution in [-0.2, 0) is 12.3 Å². The van der Waals surface area contributed by atoms with Crippen LogP contribution in [0.2, 0.25) is 5.02 Å². The molecule has 0 saturated carbocycles. The van der Waals surface area contributed by atoms with Gasteiger partial charge in [-0.3, -0.25) is 9.55 Å². The Balaban J connectivity index is 1.54. The number of aromatic nitrogens is 6. The summed E-state index contributed by atoms with van der Waals surface area (Å²) in [7, 11) is 0. The molecule has 0 N–H and O–H groups in total. The first-order valence-corrected chi connectivity index (χ1v) is 9.77. The molecule has 4 aromatic rings. The highest BCUT2D eigenvalue weighted by atomic mass is 35.5. The lowest BCUT2D eigenvalue weighted by Gasteiger charge is -2.06. The normalized spacial score (nSPS) is 10.9. The van der Waals surface area contributed by atoms with Gasteiger partial charge in [-0.05, 0) is 24.3 Å². The highest BCUT2D eigenvalue weighted by Gasteiger charge is 2.16. The summed E-state index contributed by atoms with van der Waals surface area (Å²) in [6, 6.07) is 11.2. The number of allylic oxidation sites excluding steroid dienone is 1. The summed E-state index contributed by atoms with van der Waals surface area (Å²) in [5.74, 6) is 2.17. The van der Waals surface area contributed by atoms with Gasteiger partial charge in [0.05, 0.1) is 10.8 Å². The summed E-state index contributed by atoms with van der Waals surface area (Å²) in [5.41, 5.74) is 1.67. The lowest BCUT2D eigenvalue weighted by Crippen LogP contribution is -2.00. The van der Waals surface area contributed by atoms with Crippen molar-refractivity contribution >= 4 is 23.4 Å². The Hall–Kier alpha value is -2.97. The average molecular weight is 411 g/mol. The summed E-state index contributed by atoms with van der Waals surface area (Å²) in [6.07, 6.45) is 5.26. The van der Waals surface area contributed by atoms with E-state index in [1.54, 1.807) is 24.5 Å². The van der Waals surface area contributed by atoms with E-state index < -0.39 is 0 Å². The lowest BCUT2D eigenvalue weighted by atomic mass is 10.2. The molecule has 7 nitrogen and oxygen atoms in total. The number of thioether (sulfide) groups is 1. The first-order chi connectivity index (χ1) is 13.8. The second-order valence-corrected chi connectivity index (χ2v) is 7.07. The van der Waals surface area contributed by atoms with E-state index in [2.05, 4.69) is 31.9 Å². The third kappa shape index (κ3) is 3.83. The van der Waals surface area contributed by atoms with Crippen LogP contribution in [0.1, 0.15) is 5.89 Å². The zero-order chi connectivity index (χ0) is 19.3. The third-order valence-electron chi connectivity index (χ3n) is 3.87. The van der Waals surface area contributed by atoms with Gasteiger partial charge in [0.2, 0.25) is 11.7 Å². The third-order valence-corrected chi connectivity index (χ3v) is 5.16. The minimum absolute atomic E-state index is 0.461. The predicted molar refractivity (Wildman–Crippen MR) is 108 cm³/mol. The molecule has 9 heteroatoms. The van der Waals surface area contributed by atoms with Gasteiger partial charge < -0.3 is 4.52 Å². The van der Waals surface area contributed by atoms with Crippen LogP contribution >= 0.6 is 23.4 Å². The number of nitrogens with zero attached hydrogens (tertiary/aromatic N) is 6. The summed E-state index contributed by atoms with van der Waals surface area (Å²) in [5, 5.41) is 14.0. The van der Waals surface area contributed by atoms with E-state index in [1.807, 2.05) is 34.9 Å². The molecule has 0 aliphatic carbocycles. The monoisotopic (exact) mass is 410 g/mol. The fraction of sp³-hybridized carbons (Fsp3) is 0.105. The fourth-order valence-electron chi connectivity index (χ4n) is 2.60. The van der Waals surface area contributed by atoms with Crippen LogP contribution in [-0.4, -0.2) is 29.9 Å². The van der Waals surface area contributed by atoms with Gasteiger partial charge in [-0.2, -0.15) is 4.98 Å². The van der Waals surface area contributed by atoms with Crippen LogP contribution in [0.4, 0.5) is 0 Å². The van der Waals surface area contributed by atoms with Crippen molar-refractivity contribution < 1.29 is 4.52 Å². The van der Waals surface area contributed by atoms with Gasteiger partial charge in [-0.15, -0.1) is 16.8 Å². The van der Waals surface area contributed by atoms with Gasteiger partial charge in [0.1, 0.15) is 0 Å². The molecule has 0 aliphatic rings. The van der Waals surface area contributed by atoms with Gasteiger partial charge in [-0.1, -0.05) is 46.7 Å². The molecule has 3 aromatic heterocycles. The molecule has 4 rings (SSSR count). The zero-order valence-corrected chi connectivity index (χ0v) is 16.3. The minimum Gasteiger partial charge on any atom is -0.338 e. The van der Waals surface area contributed by atoms with E-state index >= 15 is 0 Å². The molecule has 140 valence electrons. The highest BCUT2D eigenvalue weighted by molar-refractivity contribution is 7.98. The quantitative estimate of drug-likeness (QED) is 0.327. The van der Waals surface area contributed by atoms with Crippen LogP contribution in [0.3, 0.4) is 0 Å². The van der Waals surface area contributed by atoms with Crippen molar-refractivity contribution in [3.8, 4) is 22.8 Å². The molecule has 0 bridgehead atoms. The Kier molecular flexibility index (Phi) is 5.50. The van der Waals surface area contributed by atoms with E-state index in [0.29, 0.717) is 29.0 Å². The Labute approximate surface area is 170 Å². The van der Waals surface area contributed by atoms with Crippen molar-refractivity contribution in [2.24, 2.45) is 0 Å². The molecule has 0 spiro atoms. The molecule has 0 aliphatic heterocycles. The minimum atomic E-state index is 0.461. The SMILES string of the molecule is C=CCn1c(SCc2nc(-c3ccccc3Cl)no2)nnc1-c1ccncc1. The lowest BCUT2D eigenvalue weighted by molar-refractivity contribution is 0.391. The van der Waals surface area contributed by atoms with Crippen LogP contribution in [0.25, 0.3) is 22.8 Å². The maximum atomic E-state index is 6.20. The molecule has 0 fully saturated rings. The van der Waals surface area contributed by atoms with Gasteiger partial charge in [0, 0.05) is 30.1 Å². The molecule has 0 atom stereocenters. The number of halogens is 1. The number of hydrogen-bond acceptors (Lipinski definition) is 7. The molecular formula is C19H15ClN6OS. The summed E-state index contributed by atoms with van der Waals surface area (Å²) < 4.78 is 7.35. The number of rotatable bonds is 7. The fourth-order valence-corrected chi connectivity index (χ4v) is 3.60. The molecule has 0 amide bonds. The molecular weight excluding hydrogens is 396 g/mol. The maximum absolute atomic E-state index is 6.20. The number of pyridine rings is 1. The van der Waals surface area contributed by atoms with Crippen LogP contribution in [0.15, 0.2) is 71.1 Å². The molecule has 0 radical (unpaired) electrons. The highest BCUT2D eigenvalue weighted by Crippen LogP contribution is 2.28. The molecule has 0 saturated heterocycles. The Morgan fingerprint density at radius 3 is 2.75 bits per heavy atom.